The van der Waals surface area contributed by atoms with Gasteiger partial charge in [-0.05, 0) is 56.2 Å². The predicted octanol–water partition coefficient (Wildman–Crippen LogP) is 2.72. The van der Waals surface area contributed by atoms with Gasteiger partial charge in [-0.3, -0.25) is 4.79 Å². The Morgan fingerprint density at radius 3 is 2.50 bits per heavy atom. The lowest BCUT2D eigenvalue weighted by atomic mass is 9.81. The topological polar surface area (TPSA) is 46.3 Å². The summed E-state index contributed by atoms with van der Waals surface area (Å²) in [5.74, 6) is 1.12. The van der Waals surface area contributed by atoms with E-state index in [0.717, 1.165) is 32.2 Å². The monoisotopic (exact) mass is 274 g/mol. The molecule has 1 fully saturated rings. The van der Waals surface area contributed by atoms with Crippen molar-refractivity contribution in [2.24, 2.45) is 17.6 Å². The van der Waals surface area contributed by atoms with Crippen molar-refractivity contribution >= 4 is 5.91 Å². The summed E-state index contributed by atoms with van der Waals surface area (Å²) in [6, 6.07) is 8.27. The minimum absolute atomic E-state index is 0.201. The van der Waals surface area contributed by atoms with Crippen molar-refractivity contribution in [2.75, 3.05) is 13.6 Å². The van der Waals surface area contributed by atoms with E-state index in [9.17, 15) is 4.79 Å². The third kappa shape index (κ3) is 3.60. The molecule has 0 aromatic heterocycles. The van der Waals surface area contributed by atoms with Crippen molar-refractivity contribution in [3.63, 3.8) is 0 Å². The normalized spacial score (nSPS) is 22.6. The van der Waals surface area contributed by atoms with Gasteiger partial charge in [-0.2, -0.15) is 0 Å². The van der Waals surface area contributed by atoms with Gasteiger partial charge in [0.2, 0.25) is 5.91 Å². The molecule has 0 bridgehead atoms. The van der Waals surface area contributed by atoms with E-state index in [1.807, 2.05) is 24.1 Å². The highest BCUT2D eigenvalue weighted by atomic mass is 16.2. The molecular formula is C17H26N2O. The van der Waals surface area contributed by atoms with E-state index in [1.54, 1.807) is 0 Å². The van der Waals surface area contributed by atoms with E-state index in [4.69, 9.17) is 5.73 Å². The quantitative estimate of drug-likeness (QED) is 0.917. The third-order valence-corrected chi connectivity index (χ3v) is 4.57. The number of carbonyl (C=O) groups excluding carboxylic acids is 1. The molecule has 2 rings (SSSR count). The lowest BCUT2D eigenvalue weighted by Gasteiger charge is -2.30. The standard InChI is InChI=1S/C17H26N2O/c1-13-5-3-4-6-16(13)12-19(2)17(20)15-9-7-14(11-18)8-10-15/h3-6,14-15H,7-12,18H2,1-2H3. The third-order valence-electron chi connectivity index (χ3n) is 4.57. The fourth-order valence-electron chi connectivity index (χ4n) is 3.08. The van der Waals surface area contributed by atoms with Gasteiger partial charge in [-0.25, -0.2) is 0 Å². The average Bonchev–Trinajstić information content (AvgIpc) is 2.49. The van der Waals surface area contributed by atoms with Crippen LogP contribution in [0.2, 0.25) is 0 Å². The van der Waals surface area contributed by atoms with Gasteiger partial charge < -0.3 is 10.6 Å². The summed E-state index contributed by atoms with van der Waals surface area (Å²) in [4.78, 5) is 14.4. The van der Waals surface area contributed by atoms with E-state index in [2.05, 4.69) is 19.1 Å². The van der Waals surface area contributed by atoms with Gasteiger partial charge in [0, 0.05) is 19.5 Å². The summed E-state index contributed by atoms with van der Waals surface area (Å²) in [7, 11) is 1.92. The van der Waals surface area contributed by atoms with Crippen LogP contribution in [-0.2, 0) is 11.3 Å². The number of benzene rings is 1. The molecule has 0 atom stereocenters. The summed E-state index contributed by atoms with van der Waals surface area (Å²) < 4.78 is 0. The Morgan fingerprint density at radius 2 is 1.90 bits per heavy atom. The smallest absolute Gasteiger partial charge is 0.225 e. The van der Waals surface area contributed by atoms with Crippen LogP contribution in [0.25, 0.3) is 0 Å². The molecule has 1 aromatic rings. The lowest BCUT2D eigenvalue weighted by molar-refractivity contribution is -0.136. The van der Waals surface area contributed by atoms with Crippen LogP contribution in [0.5, 0.6) is 0 Å². The summed E-state index contributed by atoms with van der Waals surface area (Å²) in [6.07, 6.45) is 4.20. The molecule has 1 aliphatic rings. The molecule has 0 unspecified atom stereocenters. The van der Waals surface area contributed by atoms with Crippen molar-refractivity contribution in [3.8, 4) is 0 Å². The summed E-state index contributed by atoms with van der Waals surface area (Å²) in [6.45, 7) is 3.57. The second kappa shape index (κ2) is 6.89. The molecule has 1 aromatic carbocycles. The molecule has 1 amide bonds. The van der Waals surface area contributed by atoms with Gasteiger partial charge in [-0.15, -0.1) is 0 Å². The molecule has 0 aliphatic heterocycles. The van der Waals surface area contributed by atoms with Crippen molar-refractivity contribution < 1.29 is 4.79 Å². The summed E-state index contributed by atoms with van der Waals surface area (Å²) in [5, 5.41) is 0. The Bertz CT molecular complexity index is 450. The number of amides is 1. The van der Waals surface area contributed by atoms with E-state index in [-0.39, 0.29) is 5.92 Å². The zero-order valence-electron chi connectivity index (χ0n) is 12.6. The minimum atomic E-state index is 0.201. The van der Waals surface area contributed by atoms with Crippen LogP contribution in [0.15, 0.2) is 24.3 Å². The molecular weight excluding hydrogens is 248 g/mol. The molecule has 1 saturated carbocycles. The fourth-order valence-corrected chi connectivity index (χ4v) is 3.08. The van der Waals surface area contributed by atoms with E-state index < -0.39 is 0 Å². The van der Waals surface area contributed by atoms with Gasteiger partial charge in [0.25, 0.3) is 0 Å². The molecule has 0 radical (unpaired) electrons. The summed E-state index contributed by atoms with van der Waals surface area (Å²) in [5.41, 5.74) is 8.19. The highest BCUT2D eigenvalue weighted by Gasteiger charge is 2.27. The van der Waals surface area contributed by atoms with Gasteiger partial charge in [0.05, 0.1) is 0 Å². The summed E-state index contributed by atoms with van der Waals surface area (Å²) >= 11 is 0. The SMILES string of the molecule is Cc1ccccc1CN(C)C(=O)C1CCC(CN)CC1. The van der Waals surface area contributed by atoms with Crippen LogP contribution in [0, 0.1) is 18.8 Å². The fraction of sp³-hybridized carbons (Fsp3) is 0.588. The molecule has 0 saturated heterocycles. The molecule has 2 N–H and O–H groups in total. The maximum Gasteiger partial charge on any atom is 0.225 e. The van der Waals surface area contributed by atoms with Gasteiger partial charge >= 0.3 is 0 Å². The van der Waals surface area contributed by atoms with E-state index >= 15 is 0 Å². The Balaban J connectivity index is 1.91. The van der Waals surface area contributed by atoms with Crippen LogP contribution >= 0.6 is 0 Å². The van der Waals surface area contributed by atoms with Gasteiger partial charge in [0.15, 0.2) is 0 Å². The van der Waals surface area contributed by atoms with Crippen LogP contribution in [0.4, 0.5) is 0 Å². The molecule has 0 spiro atoms. The first-order valence-corrected chi connectivity index (χ1v) is 7.61. The lowest BCUT2D eigenvalue weighted by Crippen LogP contribution is -2.35. The Kier molecular flexibility index (Phi) is 5.18. The predicted molar refractivity (Wildman–Crippen MR) is 82.2 cm³/mol. The molecule has 3 heteroatoms. The number of carbonyl (C=O) groups is 1. The molecule has 20 heavy (non-hydrogen) atoms. The van der Waals surface area contributed by atoms with Crippen LogP contribution in [0.3, 0.4) is 0 Å². The van der Waals surface area contributed by atoms with E-state index in [0.29, 0.717) is 18.4 Å². The molecule has 0 heterocycles. The second-order valence-electron chi connectivity index (χ2n) is 6.07. The largest absolute Gasteiger partial charge is 0.341 e. The van der Waals surface area contributed by atoms with Crippen LogP contribution < -0.4 is 5.73 Å². The Labute approximate surface area is 122 Å². The maximum absolute atomic E-state index is 12.5. The number of hydrogen-bond acceptors (Lipinski definition) is 2. The first-order chi connectivity index (χ1) is 9.61. The molecule has 110 valence electrons. The van der Waals surface area contributed by atoms with Crippen molar-refractivity contribution in [1.29, 1.82) is 0 Å². The van der Waals surface area contributed by atoms with Gasteiger partial charge in [-0.1, -0.05) is 24.3 Å². The second-order valence-corrected chi connectivity index (χ2v) is 6.07. The van der Waals surface area contributed by atoms with Crippen LogP contribution in [-0.4, -0.2) is 24.4 Å². The maximum atomic E-state index is 12.5. The van der Waals surface area contributed by atoms with Crippen molar-refractivity contribution in [2.45, 2.75) is 39.2 Å². The Morgan fingerprint density at radius 1 is 1.25 bits per heavy atom. The number of nitrogens with two attached hydrogens (primary N) is 1. The minimum Gasteiger partial charge on any atom is -0.341 e. The molecule has 3 nitrogen and oxygen atoms in total. The van der Waals surface area contributed by atoms with Crippen molar-refractivity contribution in [3.05, 3.63) is 35.4 Å². The number of rotatable bonds is 4. The Hall–Kier alpha value is -1.35. The zero-order chi connectivity index (χ0) is 14.5. The number of hydrogen-bond donors (Lipinski definition) is 1. The van der Waals surface area contributed by atoms with Crippen molar-refractivity contribution in [1.82, 2.24) is 4.90 Å². The first kappa shape index (κ1) is 15.0. The van der Waals surface area contributed by atoms with E-state index in [1.165, 1.54) is 11.1 Å². The average molecular weight is 274 g/mol. The number of nitrogens with zero attached hydrogens (tertiary/aromatic N) is 1. The first-order valence-electron chi connectivity index (χ1n) is 7.61. The number of aryl methyl sites for hydroxylation is 1. The highest BCUT2D eigenvalue weighted by Crippen LogP contribution is 2.29. The van der Waals surface area contributed by atoms with Crippen LogP contribution in [0.1, 0.15) is 36.8 Å². The molecule has 1 aliphatic carbocycles. The zero-order valence-corrected chi connectivity index (χ0v) is 12.6. The highest BCUT2D eigenvalue weighted by molar-refractivity contribution is 5.78. The van der Waals surface area contributed by atoms with Gasteiger partial charge in [0.1, 0.15) is 0 Å².